The summed E-state index contributed by atoms with van der Waals surface area (Å²) < 4.78 is 21.6. The van der Waals surface area contributed by atoms with Gasteiger partial charge in [0, 0.05) is 13.0 Å². The molecule has 0 spiro atoms. The lowest BCUT2D eigenvalue weighted by molar-refractivity contribution is -0.149. The van der Waals surface area contributed by atoms with Gasteiger partial charge >= 0.3 is 5.97 Å². The van der Waals surface area contributed by atoms with Crippen LogP contribution in [-0.2, 0) is 16.0 Å². The molecule has 0 amide bonds. The smallest absolute Gasteiger partial charge is 0.333 e. The van der Waals surface area contributed by atoms with Gasteiger partial charge in [-0.05, 0) is 48.4 Å². The van der Waals surface area contributed by atoms with Crippen LogP contribution in [0.4, 0.5) is 0 Å². The minimum atomic E-state index is -0.953. The maximum atomic E-state index is 11.1. The molecule has 1 unspecified atom stereocenters. The number of hydrogen-bond acceptors (Lipinski definition) is 5. The molecule has 1 N–H and O–H groups in total. The molecule has 6 heteroatoms. The molecule has 1 heterocycles. The van der Waals surface area contributed by atoms with Crippen LogP contribution in [0.1, 0.15) is 18.1 Å². The van der Waals surface area contributed by atoms with Crippen LogP contribution in [0.3, 0.4) is 0 Å². The first-order valence-corrected chi connectivity index (χ1v) is 8.78. The van der Waals surface area contributed by atoms with Crippen molar-refractivity contribution in [3.63, 3.8) is 0 Å². The van der Waals surface area contributed by atoms with Crippen LogP contribution in [0.25, 0.3) is 6.08 Å². The second kappa shape index (κ2) is 9.09. The Hall–Kier alpha value is -2.99. The fourth-order valence-corrected chi connectivity index (χ4v) is 2.70. The number of carbonyl (C=O) groups is 1. The Labute approximate surface area is 157 Å². The van der Waals surface area contributed by atoms with E-state index in [1.165, 1.54) is 0 Å². The molecule has 27 heavy (non-hydrogen) atoms. The van der Waals surface area contributed by atoms with Crippen molar-refractivity contribution in [2.45, 2.75) is 19.4 Å². The number of aliphatic carboxylic acids is 1. The highest BCUT2D eigenvalue weighted by molar-refractivity contribution is 5.72. The summed E-state index contributed by atoms with van der Waals surface area (Å²) >= 11 is 0. The Bertz CT molecular complexity index is 797. The van der Waals surface area contributed by atoms with Gasteiger partial charge in [0.15, 0.2) is 17.6 Å². The third kappa shape index (κ3) is 5.24. The first-order chi connectivity index (χ1) is 13.2. The van der Waals surface area contributed by atoms with E-state index in [-0.39, 0.29) is 6.79 Å². The molecule has 0 aromatic heterocycles. The lowest BCUT2D eigenvalue weighted by Crippen LogP contribution is -2.26. The van der Waals surface area contributed by atoms with E-state index in [0.29, 0.717) is 19.6 Å². The minimum Gasteiger partial charge on any atom is -0.490 e. The average Bonchev–Trinajstić information content (AvgIpc) is 3.14. The Morgan fingerprint density at radius 1 is 1.19 bits per heavy atom. The summed E-state index contributed by atoms with van der Waals surface area (Å²) in [4.78, 5) is 11.1. The zero-order valence-corrected chi connectivity index (χ0v) is 15.1. The van der Waals surface area contributed by atoms with E-state index >= 15 is 0 Å². The van der Waals surface area contributed by atoms with Gasteiger partial charge in [-0.25, -0.2) is 4.79 Å². The van der Waals surface area contributed by atoms with Gasteiger partial charge in [-0.2, -0.15) is 0 Å². The highest BCUT2D eigenvalue weighted by Gasteiger charge is 2.17. The molecular formula is C21H22O6. The first-order valence-electron chi connectivity index (χ1n) is 8.78. The van der Waals surface area contributed by atoms with Gasteiger partial charge in [-0.3, -0.25) is 0 Å². The average molecular weight is 370 g/mol. The number of rotatable bonds is 9. The Balaban J connectivity index is 1.49. The van der Waals surface area contributed by atoms with Crippen LogP contribution in [0.15, 0.2) is 48.5 Å². The van der Waals surface area contributed by atoms with Gasteiger partial charge in [-0.1, -0.05) is 24.3 Å². The van der Waals surface area contributed by atoms with Crippen molar-refractivity contribution < 1.29 is 28.8 Å². The predicted molar refractivity (Wildman–Crippen MR) is 100 cm³/mol. The summed E-state index contributed by atoms with van der Waals surface area (Å²) in [7, 11) is 0. The molecule has 0 aliphatic carbocycles. The van der Waals surface area contributed by atoms with E-state index in [1.807, 2.05) is 54.6 Å². The molecule has 0 bridgehead atoms. The van der Waals surface area contributed by atoms with Gasteiger partial charge < -0.3 is 24.1 Å². The molecule has 6 nitrogen and oxygen atoms in total. The van der Waals surface area contributed by atoms with Gasteiger partial charge in [0.1, 0.15) is 12.4 Å². The highest BCUT2D eigenvalue weighted by atomic mass is 16.7. The third-order valence-electron chi connectivity index (χ3n) is 4.04. The number of carboxylic acids is 1. The molecule has 0 saturated carbocycles. The standard InChI is InChI=1S/C21H22O6/c1-2-24-20(21(22)23)13-16-5-8-17(9-6-16)25-11-3-4-15-7-10-18-19(12-15)27-14-26-18/h3-10,12,20H,2,11,13-14H2,1H3,(H,22,23)/b4-3+. The lowest BCUT2D eigenvalue weighted by Gasteiger charge is -2.12. The van der Waals surface area contributed by atoms with Crippen molar-refractivity contribution in [1.82, 2.24) is 0 Å². The Morgan fingerprint density at radius 2 is 1.96 bits per heavy atom. The minimum absolute atomic E-state index is 0.263. The van der Waals surface area contributed by atoms with Crippen molar-refractivity contribution >= 4 is 12.0 Å². The predicted octanol–water partition coefficient (Wildman–Crippen LogP) is 3.54. The first kappa shape index (κ1) is 18.8. The number of carboxylic acid groups (broad SMARTS) is 1. The molecule has 2 aromatic rings. The van der Waals surface area contributed by atoms with E-state index in [4.69, 9.17) is 24.1 Å². The maximum Gasteiger partial charge on any atom is 0.333 e. The quantitative estimate of drug-likeness (QED) is 0.728. The molecule has 3 rings (SSSR count). The van der Waals surface area contributed by atoms with Crippen LogP contribution in [0.5, 0.6) is 17.2 Å². The van der Waals surface area contributed by atoms with Crippen molar-refractivity contribution in [3.8, 4) is 17.2 Å². The summed E-state index contributed by atoms with van der Waals surface area (Å²) in [5, 5.41) is 9.14. The van der Waals surface area contributed by atoms with E-state index < -0.39 is 12.1 Å². The number of hydrogen-bond donors (Lipinski definition) is 1. The van der Waals surface area contributed by atoms with Crippen LogP contribution < -0.4 is 14.2 Å². The molecular weight excluding hydrogens is 348 g/mol. The van der Waals surface area contributed by atoms with Crippen LogP contribution >= 0.6 is 0 Å². The summed E-state index contributed by atoms with van der Waals surface area (Å²) in [5.74, 6) is 1.28. The van der Waals surface area contributed by atoms with Crippen molar-refractivity contribution in [1.29, 1.82) is 0 Å². The second-order valence-electron chi connectivity index (χ2n) is 5.96. The Morgan fingerprint density at radius 3 is 2.70 bits per heavy atom. The van der Waals surface area contributed by atoms with E-state index in [9.17, 15) is 4.79 Å². The van der Waals surface area contributed by atoms with Crippen molar-refractivity contribution in [2.75, 3.05) is 20.0 Å². The van der Waals surface area contributed by atoms with Gasteiger partial charge in [0.2, 0.25) is 6.79 Å². The van der Waals surface area contributed by atoms with Crippen molar-refractivity contribution in [3.05, 3.63) is 59.7 Å². The van der Waals surface area contributed by atoms with Crippen molar-refractivity contribution in [2.24, 2.45) is 0 Å². The Kier molecular flexibility index (Phi) is 6.33. The molecule has 1 atom stereocenters. The lowest BCUT2D eigenvalue weighted by atomic mass is 10.1. The summed E-state index contributed by atoms with van der Waals surface area (Å²) in [5.41, 5.74) is 1.90. The molecule has 1 aliphatic rings. The van der Waals surface area contributed by atoms with Crippen LogP contribution in [-0.4, -0.2) is 37.2 Å². The maximum absolute atomic E-state index is 11.1. The van der Waals surface area contributed by atoms with Crippen LogP contribution in [0, 0.1) is 0 Å². The molecule has 2 aromatic carbocycles. The highest BCUT2D eigenvalue weighted by Crippen LogP contribution is 2.32. The summed E-state index contributed by atoms with van der Waals surface area (Å²) in [6, 6.07) is 13.1. The third-order valence-corrected chi connectivity index (χ3v) is 4.04. The van der Waals surface area contributed by atoms with Crippen LogP contribution in [0.2, 0.25) is 0 Å². The molecule has 142 valence electrons. The zero-order valence-electron chi connectivity index (χ0n) is 15.1. The van der Waals surface area contributed by atoms with Gasteiger partial charge in [0.25, 0.3) is 0 Å². The number of ether oxygens (including phenoxy) is 4. The monoisotopic (exact) mass is 370 g/mol. The van der Waals surface area contributed by atoms with E-state index in [1.54, 1.807) is 6.92 Å². The number of fused-ring (bicyclic) bond motifs is 1. The van der Waals surface area contributed by atoms with E-state index in [2.05, 4.69) is 0 Å². The molecule has 0 radical (unpaired) electrons. The van der Waals surface area contributed by atoms with Gasteiger partial charge in [0.05, 0.1) is 0 Å². The normalized spacial score (nSPS) is 13.7. The fourth-order valence-electron chi connectivity index (χ4n) is 2.70. The number of benzene rings is 2. The summed E-state index contributed by atoms with van der Waals surface area (Å²) in [6.07, 6.45) is 3.37. The molecule has 0 saturated heterocycles. The SMILES string of the molecule is CCOC(Cc1ccc(OC/C=C/c2ccc3c(c2)OCO3)cc1)C(=O)O. The molecule has 1 aliphatic heterocycles. The zero-order chi connectivity index (χ0) is 19.1. The molecule has 0 fully saturated rings. The largest absolute Gasteiger partial charge is 0.490 e. The van der Waals surface area contributed by atoms with E-state index in [0.717, 1.165) is 28.4 Å². The topological polar surface area (TPSA) is 74.2 Å². The fraction of sp³-hybridized carbons (Fsp3) is 0.286. The second-order valence-corrected chi connectivity index (χ2v) is 5.96. The van der Waals surface area contributed by atoms with Gasteiger partial charge in [-0.15, -0.1) is 0 Å². The summed E-state index contributed by atoms with van der Waals surface area (Å²) in [6.45, 7) is 2.84.